The van der Waals surface area contributed by atoms with Crippen molar-refractivity contribution in [1.82, 2.24) is 9.55 Å². The number of hydrogen-bond donors (Lipinski definition) is 0. The van der Waals surface area contributed by atoms with Crippen LogP contribution in [0.25, 0.3) is 11.0 Å². The summed E-state index contributed by atoms with van der Waals surface area (Å²) in [5, 5.41) is 0. The van der Waals surface area contributed by atoms with E-state index in [1.54, 1.807) is 15.8 Å². The van der Waals surface area contributed by atoms with Gasteiger partial charge in [0.2, 0.25) is 0 Å². The normalized spacial score (nSPS) is 15.9. The summed E-state index contributed by atoms with van der Waals surface area (Å²) in [7, 11) is 0. The van der Waals surface area contributed by atoms with Gasteiger partial charge in [0.1, 0.15) is 6.54 Å². The molecule has 0 fully saturated rings. The van der Waals surface area contributed by atoms with E-state index in [-0.39, 0.29) is 25.1 Å². The van der Waals surface area contributed by atoms with Crippen LogP contribution in [0.5, 0.6) is 0 Å². The number of benzene rings is 2. The largest absolute Gasteiger partial charge is 0.454 e. The van der Waals surface area contributed by atoms with Gasteiger partial charge in [0.05, 0.1) is 17.4 Å². The maximum atomic E-state index is 12.6. The van der Waals surface area contributed by atoms with Crippen LogP contribution < -0.4 is 4.90 Å². The molecule has 1 atom stereocenters. The summed E-state index contributed by atoms with van der Waals surface area (Å²) in [5.41, 5.74) is 3.72. The van der Waals surface area contributed by atoms with Crippen molar-refractivity contribution in [3.05, 3.63) is 60.4 Å². The number of anilines is 1. The van der Waals surface area contributed by atoms with Gasteiger partial charge in [0.15, 0.2) is 6.61 Å². The third-order valence-corrected chi connectivity index (χ3v) is 4.66. The van der Waals surface area contributed by atoms with Crippen molar-refractivity contribution in [2.75, 3.05) is 11.5 Å². The molecule has 6 nitrogen and oxygen atoms in total. The van der Waals surface area contributed by atoms with Gasteiger partial charge in [-0.15, -0.1) is 0 Å². The molecule has 6 heteroatoms. The summed E-state index contributed by atoms with van der Waals surface area (Å²) in [6, 6.07) is 15.5. The average molecular weight is 349 g/mol. The molecule has 4 rings (SSSR count). The lowest BCUT2D eigenvalue weighted by Crippen LogP contribution is -2.39. The first-order valence-corrected chi connectivity index (χ1v) is 8.59. The highest BCUT2D eigenvalue weighted by atomic mass is 16.5. The molecule has 0 spiro atoms. The van der Waals surface area contributed by atoms with Gasteiger partial charge in [0, 0.05) is 11.7 Å². The zero-order valence-electron chi connectivity index (χ0n) is 14.5. The molecule has 132 valence electrons. The van der Waals surface area contributed by atoms with E-state index in [1.807, 2.05) is 55.5 Å². The van der Waals surface area contributed by atoms with E-state index < -0.39 is 5.97 Å². The number of hydrogen-bond acceptors (Lipinski definition) is 4. The SMILES string of the molecule is C[C@H]1Cc2ccccc2N1C(=O)COC(=O)Cn1cnc2ccccc21. The summed E-state index contributed by atoms with van der Waals surface area (Å²) in [6.07, 6.45) is 2.42. The number of carbonyl (C=O) groups is 2. The molecule has 0 unspecified atom stereocenters. The van der Waals surface area contributed by atoms with Crippen LogP contribution in [-0.4, -0.2) is 34.1 Å². The summed E-state index contributed by atoms with van der Waals surface area (Å²) in [4.78, 5) is 30.7. The number of amides is 1. The Morgan fingerprint density at radius 3 is 2.81 bits per heavy atom. The lowest BCUT2D eigenvalue weighted by atomic mass is 10.1. The number of para-hydroxylation sites is 3. The van der Waals surface area contributed by atoms with Crippen molar-refractivity contribution in [2.45, 2.75) is 25.9 Å². The number of aromatic nitrogens is 2. The minimum atomic E-state index is -0.457. The molecule has 3 aromatic rings. The number of imidazole rings is 1. The maximum absolute atomic E-state index is 12.6. The second-order valence-electron chi connectivity index (χ2n) is 6.47. The Morgan fingerprint density at radius 1 is 1.15 bits per heavy atom. The van der Waals surface area contributed by atoms with E-state index in [2.05, 4.69) is 4.98 Å². The fraction of sp³-hybridized carbons (Fsp3) is 0.250. The standard InChI is InChI=1S/C20H19N3O3/c1-14-10-15-6-2-4-8-17(15)23(14)19(24)12-26-20(25)11-22-13-21-16-7-3-5-9-18(16)22/h2-9,13-14H,10-12H2,1H3/t14-/m0/s1. The Balaban J connectivity index is 1.39. The van der Waals surface area contributed by atoms with Crippen molar-refractivity contribution in [3.8, 4) is 0 Å². The molecule has 2 aromatic carbocycles. The third-order valence-electron chi connectivity index (χ3n) is 4.66. The van der Waals surface area contributed by atoms with Crippen molar-refractivity contribution < 1.29 is 14.3 Å². The lowest BCUT2D eigenvalue weighted by Gasteiger charge is -2.22. The van der Waals surface area contributed by atoms with Crippen LogP contribution >= 0.6 is 0 Å². The summed E-state index contributed by atoms with van der Waals surface area (Å²) < 4.78 is 6.94. The highest BCUT2D eigenvalue weighted by Crippen LogP contribution is 2.31. The second-order valence-corrected chi connectivity index (χ2v) is 6.47. The third kappa shape index (κ3) is 2.94. The van der Waals surface area contributed by atoms with E-state index in [0.29, 0.717) is 0 Å². The topological polar surface area (TPSA) is 64.4 Å². The first kappa shape index (κ1) is 16.3. The van der Waals surface area contributed by atoms with Crippen LogP contribution in [-0.2, 0) is 27.3 Å². The highest BCUT2D eigenvalue weighted by Gasteiger charge is 2.30. The lowest BCUT2D eigenvalue weighted by molar-refractivity contribution is -0.148. The molecular weight excluding hydrogens is 330 g/mol. The smallest absolute Gasteiger partial charge is 0.326 e. The number of rotatable bonds is 4. The van der Waals surface area contributed by atoms with Crippen molar-refractivity contribution in [1.29, 1.82) is 0 Å². The highest BCUT2D eigenvalue weighted by molar-refractivity contribution is 5.97. The Hall–Kier alpha value is -3.15. The molecule has 1 amide bonds. The minimum absolute atomic E-state index is 0.0277. The van der Waals surface area contributed by atoms with Crippen LogP contribution in [0.3, 0.4) is 0 Å². The fourth-order valence-corrected chi connectivity index (χ4v) is 3.48. The van der Waals surface area contributed by atoms with Gasteiger partial charge in [-0.1, -0.05) is 30.3 Å². The number of fused-ring (bicyclic) bond motifs is 2. The number of nitrogens with zero attached hydrogens (tertiary/aromatic N) is 3. The van der Waals surface area contributed by atoms with Gasteiger partial charge in [-0.3, -0.25) is 9.59 Å². The molecular formula is C20H19N3O3. The van der Waals surface area contributed by atoms with Crippen molar-refractivity contribution >= 4 is 28.6 Å². The first-order valence-electron chi connectivity index (χ1n) is 8.59. The zero-order chi connectivity index (χ0) is 18.1. The van der Waals surface area contributed by atoms with E-state index in [1.165, 1.54) is 0 Å². The van der Waals surface area contributed by atoms with Gasteiger partial charge >= 0.3 is 5.97 Å². The van der Waals surface area contributed by atoms with Crippen molar-refractivity contribution in [3.63, 3.8) is 0 Å². The van der Waals surface area contributed by atoms with E-state index in [0.717, 1.165) is 28.7 Å². The van der Waals surface area contributed by atoms with E-state index >= 15 is 0 Å². The van der Waals surface area contributed by atoms with E-state index in [9.17, 15) is 9.59 Å². The Morgan fingerprint density at radius 2 is 1.92 bits per heavy atom. The molecule has 0 N–H and O–H groups in total. The number of ether oxygens (including phenoxy) is 1. The molecule has 2 heterocycles. The summed E-state index contributed by atoms with van der Waals surface area (Å²) in [5.74, 6) is -0.659. The van der Waals surface area contributed by atoms with Crippen LogP contribution in [0.1, 0.15) is 12.5 Å². The predicted molar refractivity (Wildman–Crippen MR) is 97.8 cm³/mol. The van der Waals surface area contributed by atoms with Crippen LogP contribution in [0.15, 0.2) is 54.9 Å². The zero-order valence-corrected chi connectivity index (χ0v) is 14.5. The maximum Gasteiger partial charge on any atom is 0.326 e. The van der Waals surface area contributed by atoms with E-state index in [4.69, 9.17) is 4.74 Å². The van der Waals surface area contributed by atoms with Gasteiger partial charge in [-0.25, -0.2) is 4.98 Å². The predicted octanol–water partition coefficient (Wildman–Crippen LogP) is 2.56. The molecule has 0 radical (unpaired) electrons. The average Bonchev–Trinajstić information content (AvgIpc) is 3.20. The molecule has 1 aromatic heterocycles. The Kier molecular flexibility index (Phi) is 4.16. The van der Waals surface area contributed by atoms with Crippen LogP contribution in [0.2, 0.25) is 0 Å². The summed E-state index contributed by atoms with van der Waals surface area (Å²) in [6.45, 7) is 1.77. The molecule has 1 aliphatic rings. The number of carbonyl (C=O) groups excluding carboxylic acids is 2. The second kappa shape index (κ2) is 6.63. The molecule has 0 bridgehead atoms. The monoisotopic (exact) mass is 349 g/mol. The molecule has 26 heavy (non-hydrogen) atoms. The molecule has 0 saturated heterocycles. The Bertz CT molecular complexity index is 979. The van der Waals surface area contributed by atoms with Gasteiger partial charge < -0.3 is 14.2 Å². The molecule has 0 saturated carbocycles. The first-order chi connectivity index (χ1) is 12.6. The van der Waals surface area contributed by atoms with Gasteiger partial charge in [-0.2, -0.15) is 0 Å². The van der Waals surface area contributed by atoms with Crippen LogP contribution in [0.4, 0.5) is 5.69 Å². The molecule has 1 aliphatic heterocycles. The van der Waals surface area contributed by atoms with Crippen molar-refractivity contribution in [2.24, 2.45) is 0 Å². The number of esters is 1. The molecule has 0 aliphatic carbocycles. The van der Waals surface area contributed by atoms with Crippen LogP contribution in [0, 0.1) is 0 Å². The quantitative estimate of drug-likeness (QED) is 0.679. The minimum Gasteiger partial charge on any atom is -0.454 e. The summed E-state index contributed by atoms with van der Waals surface area (Å²) >= 11 is 0. The van der Waals surface area contributed by atoms with Gasteiger partial charge in [-0.05, 0) is 37.1 Å². The van der Waals surface area contributed by atoms with Gasteiger partial charge in [0.25, 0.3) is 5.91 Å². The fourth-order valence-electron chi connectivity index (χ4n) is 3.48. The Labute approximate surface area is 151 Å².